The first-order chi connectivity index (χ1) is 23.6. The third-order valence-corrected chi connectivity index (χ3v) is 8.14. The van der Waals surface area contributed by atoms with Gasteiger partial charge in [0.05, 0.1) is 30.9 Å². The van der Waals surface area contributed by atoms with Gasteiger partial charge < -0.3 is 18.6 Å². The van der Waals surface area contributed by atoms with Crippen molar-refractivity contribution < 1.29 is 18.6 Å². The summed E-state index contributed by atoms with van der Waals surface area (Å²) in [6.45, 7) is 2.28. The van der Waals surface area contributed by atoms with Crippen molar-refractivity contribution in [2.24, 2.45) is 0 Å². The number of rotatable bonds is 14. The Balaban J connectivity index is 1.39. The molecule has 0 saturated carbocycles. The second-order valence-corrected chi connectivity index (χ2v) is 11.5. The normalized spacial score (nSPS) is 11.3. The Morgan fingerprint density at radius 1 is 0.729 bits per heavy atom. The van der Waals surface area contributed by atoms with Crippen molar-refractivity contribution in [1.29, 1.82) is 0 Å². The standard InChI is InChI=1S/C41H38N2O5/c1-45-34-16-11-31(12-17-34)27-43(25-23-30-8-4-3-5-9-30)28-38-40(47-29-32-13-18-35(46-2)19-14-32)22-21-37-39(44)26-36(48-41(37)38)20-15-33-10-6-7-24-42-33/h3-22,24,26H,23,25,27-29H2,1-2H3/b20-15+. The Labute approximate surface area is 280 Å². The van der Waals surface area contributed by atoms with Crippen LogP contribution in [-0.4, -0.2) is 30.6 Å². The van der Waals surface area contributed by atoms with Crippen molar-refractivity contribution in [2.75, 3.05) is 20.8 Å². The third kappa shape index (κ3) is 8.37. The van der Waals surface area contributed by atoms with Gasteiger partial charge in [-0.3, -0.25) is 14.7 Å². The number of hydrogen-bond donors (Lipinski definition) is 0. The highest BCUT2D eigenvalue weighted by molar-refractivity contribution is 5.83. The lowest BCUT2D eigenvalue weighted by Crippen LogP contribution is -2.26. The first kappa shape index (κ1) is 32.3. The van der Waals surface area contributed by atoms with E-state index in [1.807, 2.05) is 72.8 Å². The average Bonchev–Trinajstić information content (AvgIpc) is 3.14. The van der Waals surface area contributed by atoms with Crippen LogP contribution in [0.5, 0.6) is 17.2 Å². The van der Waals surface area contributed by atoms with Gasteiger partial charge in [-0.2, -0.15) is 0 Å². The second kappa shape index (κ2) is 15.8. The average molecular weight is 639 g/mol. The van der Waals surface area contributed by atoms with Gasteiger partial charge >= 0.3 is 0 Å². The molecule has 0 radical (unpaired) electrons. The van der Waals surface area contributed by atoms with Crippen LogP contribution in [0.1, 0.15) is 33.7 Å². The lowest BCUT2D eigenvalue weighted by Gasteiger charge is -2.25. The molecular weight excluding hydrogens is 600 g/mol. The largest absolute Gasteiger partial charge is 0.497 e. The number of ether oxygens (including phenoxy) is 3. The molecule has 7 nitrogen and oxygen atoms in total. The third-order valence-electron chi connectivity index (χ3n) is 8.14. The zero-order valence-electron chi connectivity index (χ0n) is 27.2. The Morgan fingerprint density at radius 3 is 2.12 bits per heavy atom. The van der Waals surface area contributed by atoms with Crippen LogP contribution >= 0.6 is 0 Å². The van der Waals surface area contributed by atoms with Crippen molar-refractivity contribution in [3.05, 3.63) is 165 Å². The molecule has 2 heterocycles. The molecule has 2 aromatic heterocycles. The lowest BCUT2D eigenvalue weighted by atomic mass is 10.1. The van der Waals surface area contributed by atoms with Gasteiger partial charge in [-0.15, -0.1) is 0 Å². The van der Waals surface area contributed by atoms with Gasteiger partial charge in [-0.25, -0.2) is 0 Å². The highest BCUT2D eigenvalue weighted by atomic mass is 16.5. The molecule has 0 atom stereocenters. The molecule has 0 unspecified atom stereocenters. The molecule has 6 aromatic rings. The molecule has 48 heavy (non-hydrogen) atoms. The molecule has 0 bridgehead atoms. The summed E-state index contributed by atoms with van der Waals surface area (Å²) in [5.41, 5.74) is 5.36. The van der Waals surface area contributed by atoms with E-state index in [2.05, 4.69) is 46.3 Å². The summed E-state index contributed by atoms with van der Waals surface area (Å²) in [6.07, 6.45) is 6.20. The first-order valence-electron chi connectivity index (χ1n) is 15.9. The maximum atomic E-state index is 13.5. The van der Waals surface area contributed by atoms with Crippen LogP contribution in [0.4, 0.5) is 0 Å². The maximum absolute atomic E-state index is 13.5. The lowest BCUT2D eigenvalue weighted by molar-refractivity contribution is 0.248. The SMILES string of the molecule is COc1ccc(COc2ccc3c(=O)cc(/C=C/c4ccccn4)oc3c2CN(CCc2ccccc2)Cc2ccc(OC)cc2)cc1. The Kier molecular flexibility index (Phi) is 10.6. The molecule has 0 aliphatic rings. The highest BCUT2D eigenvalue weighted by Crippen LogP contribution is 2.31. The number of fused-ring (bicyclic) bond motifs is 1. The predicted octanol–water partition coefficient (Wildman–Crippen LogP) is 8.20. The molecule has 0 amide bonds. The van der Waals surface area contributed by atoms with Crippen molar-refractivity contribution in [3.63, 3.8) is 0 Å². The number of methoxy groups -OCH3 is 2. The summed E-state index contributed by atoms with van der Waals surface area (Å²) in [7, 11) is 3.32. The van der Waals surface area contributed by atoms with Crippen LogP contribution in [0.3, 0.4) is 0 Å². The first-order valence-corrected chi connectivity index (χ1v) is 15.9. The minimum atomic E-state index is -0.120. The molecule has 0 spiro atoms. The van der Waals surface area contributed by atoms with Gasteiger partial charge in [-0.05, 0) is 83.8 Å². The maximum Gasteiger partial charge on any atom is 0.193 e. The van der Waals surface area contributed by atoms with Gasteiger partial charge in [0.15, 0.2) is 5.43 Å². The van der Waals surface area contributed by atoms with Gasteiger partial charge in [0.1, 0.15) is 35.2 Å². The molecule has 0 aliphatic carbocycles. The molecule has 4 aromatic carbocycles. The predicted molar refractivity (Wildman–Crippen MR) is 190 cm³/mol. The van der Waals surface area contributed by atoms with Gasteiger partial charge in [0, 0.05) is 31.9 Å². The van der Waals surface area contributed by atoms with Gasteiger partial charge in [0.25, 0.3) is 0 Å². The number of aromatic nitrogens is 1. The van der Waals surface area contributed by atoms with Gasteiger partial charge in [-0.1, -0.05) is 60.7 Å². The number of hydrogen-bond acceptors (Lipinski definition) is 7. The van der Waals surface area contributed by atoms with E-state index in [0.29, 0.717) is 42.2 Å². The van der Waals surface area contributed by atoms with Gasteiger partial charge in [0.2, 0.25) is 0 Å². The molecule has 0 N–H and O–H groups in total. The summed E-state index contributed by atoms with van der Waals surface area (Å²) in [5, 5.41) is 0.504. The Hall–Kier alpha value is -5.66. The monoisotopic (exact) mass is 638 g/mol. The zero-order chi connectivity index (χ0) is 33.1. The number of nitrogens with zero attached hydrogens (tertiary/aromatic N) is 2. The van der Waals surface area contributed by atoms with E-state index in [1.54, 1.807) is 32.6 Å². The quantitative estimate of drug-likeness (QED) is 0.119. The van der Waals surface area contributed by atoms with Crippen LogP contribution in [0.15, 0.2) is 131 Å². The van der Waals surface area contributed by atoms with E-state index >= 15 is 0 Å². The Morgan fingerprint density at radius 2 is 1.44 bits per heavy atom. The van der Waals surface area contributed by atoms with Crippen LogP contribution in [0, 0.1) is 0 Å². The smallest absolute Gasteiger partial charge is 0.193 e. The van der Waals surface area contributed by atoms with Crippen molar-refractivity contribution in [2.45, 2.75) is 26.1 Å². The summed E-state index contributed by atoms with van der Waals surface area (Å²) in [5.74, 6) is 2.70. The Bertz CT molecular complexity index is 2010. The summed E-state index contributed by atoms with van der Waals surface area (Å²) in [4.78, 5) is 20.2. The summed E-state index contributed by atoms with van der Waals surface area (Å²) < 4.78 is 23.7. The number of benzene rings is 4. The second-order valence-electron chi connectivity index (χ2n) is 11.5. The van der Waals surface area contributed by atoms with Crippen LogP contribution in [-0.2, 0) is 26.1 Å². The highest BCUT2D eigenvalue weighted by Gasteiger charge is 2.19. The molecule has 0 saturated heterocycles. The van der Waals surface area contributed by atoms with E-state index in [4.69, 9.17) is 18.6 Å². The van der Waals surface area contributed by atoms with Crippen molar-refractivity contribution in [1.82, 2.24) is 9.88 Å². The fourth-order valence-corrected chi connectivity index (χ4v) is 5.53. The van der Waals surface area contributed by atoms with Crippen LogP contribution in [0.2, 0.25) is 0 Å². The fourth-order valence-electron chi connectivity index (χ4n) is 5.53. The summed E-state index contributed by atoms with van der Waals surface area (Å²) in [6, 6.07) is 37.2. The number of pyridine rings is 1. The van der Waals surface area contributed by atoms with E-state index in [1.165, 1.54) is 11.6 Å². The molecular formula is C41H38N2O5. The van der Waals surface area contributed by atoms with E-state index in [0.717, 1.165) is 46.8 Å². The summed E-state index contributed by atoms with van der Waals surface area (Å²) >= 11 is 0. The molecule has 242 valence electrons. The molecule has 6 rings (SSSR count). The van der Waals surface area contributed by atoms with Crippen molar-refractivity contribution >= 4 is 23.1 Å². The molecule has 0 aliphatic heterocycles. The fraction of sp³-hybridized carbons (Fsp3) is 0.171. The minimum Gasteiger partial charge on any atom is -0.497 e. The molecule has 0 fully saturated rings. The minimum absolute atomic E-state index is 0.120. The van der Waals surface area contributed by atoms with E-state index in [9.17, 15) is 4.79 Å². The molecule has 7 heteroatoms. The topological polar surface area (TPSA) is 74.0 Å². The zero-order valence-corrected chi connectivity index (χ0v) is 27.2. The van der Waals surface area contributed by atoms with Crippen LogP contribution < -0.4 is 19.6 Å². The van der Waals surface area contributed by atoms with E-state index < -0.39 is 0 Å². The van der Waals surface area contributed by atoms with E-state index in [-0.39, 0.29) is 5.43 Å². The van der Waals surface area contributed by atoms with Crippen LogP contribution in [0.25, 0.3) is 23.1 Å². The van der Waals surface area contributed by atoms with Crippen molar-refractivity contribution in [3.8, 4) is 17.2 Å².